The Kier molecular flexibility index (Phi) is 6.38. The van der Waals surface area contributed by atoms with Crippen LogP contribution in [0.4, 0.5) is 16.0 Å². The number of ether oxygens (including phenoxy) is 1. The molecule has 2 heterocycles. The number of hydrogen-bond donors (Lipinski definition) is 2. The van der Waals surface area contributed by atoms with Crippen molar-refractivity contribution in [3.05, 3.63) is 76.2 Å². The summed E-state index contributed by atoms with van der Waals surface area (Å²) in [6.07, 6.45) is 1.54. The molecule has 0 aliphatic rings. The summed E-state index contributed by atoms with van der Waals surface area (Å²) in [5.41, 5.74) is 0.839. The van der Waals surface area contributed by atoms with Gasteiger partial charge in [-0.2, -0.15) is 0 Å². The summed E-state index contributed by atoms with van der Waals surface area (Å²) in [5, 5.41) is 8.47. The third-order valence-electron chi connectivity index (χ3n) is 4.38. The van der Waals surface area contributed by atoms with Gasteiger partial charge in [0.05, 0.1) is 10.6 Å². The van der Waals surface area contributed by atoms with Crippen molar-refractivity contribution in [3.8, 4) is 5.75 Å². The molecule has 0 spiro atoms. The predicted octanol–water partition coefficient (Wildman–Crippen LogP) is 6.11. The van der Waals surface area contributed by atoms with Crippen molar-refractivity contribution in [3.63, 3.8) is 0 Å². The zero-order chi connectivity index (χ0) is 22.8. The van der Waals surface area contributed by atoms with E-state index in [4.69, 9.17) is 16.3 Å². The first-order chi connectivity index (χ1) is 15.2. The summed E-state index contributed by atoms with van der Waals surface area (Å²) in [6.45, 7) is 3.88. The lowest BCUT2D eigenvalue weighted by Crippen LogP contribution is -2.25. The van der Waals surface area contributed by atoms with E-state index in [0.717, 1.165) is 11.4 Å². The first kappa shape index (κ1) is 22.5. The summed E-state index contributed by atoms with van der Waals surface area (Å²) in [7, 11) is -3.69. The maximum atomic E-state index is 12.5. The molecule has 0 bridgehead atoms. The van der Waals surface area contributed by atoms with Gasteiger partial charge in [0.25, 0.3) is 10.0 Å². The summed E-state index contributed by atoms with van der Waals surface area (Å²) in [6, 6.07) is 13.6. The number of sulfonamides is 1. The van der Waals surface area contributed by atoms with Crippen molar-refractivity contribution >= 4 is 60.2 Å². The van der Waals surface area contributed by atoms with Crippen molar-refractivity contribution in [2.24, 2.45) is 0 Å². The van der Waals surface area contributed by atoms with Crippen LogP contribution in [0.2, 0.25) is 5.02 Å². The minimum atomic E-state index is -3.69. The van der Waals surface area contributed by atoms with Gasteiger partial charge in [-0.15, -0.1) is 22.7 Å². The molecule has 7 nitrogen and oxygen atoms in total. The van der Waals surface area contributed by atoms with Crippen LogP contribution in [0, 0.1) is 0 Å². The van der Waals surface area contributed by atoms with Crippen molar-refractivity contribution in [1.82, 2.24) is 9.97 Å². The predicted molar refractivity (Wildman–Crippen MR) is 130 cm³/mol. The molecule has 0 amide bonds. The van der Waals surface area contributed by atoms with Gasteiger partial charge in [-0.3, -0.25) is 4.72 Å². The van der Waals surface area contributed by atoms with Gasteiger partial charge in [-0.05, 0) is 62.4 Å². The zero-order valence-corrected chi connectivity index (χ0v) is 20.3. The Balaban J connectivity index is 1.43. The number of thiazole rings is 2. The molecule has 4 aromatic rings. The van der Waals surface area contributed by atoms with Crippen LogP contribution in [-0.2, 0) is 15.6 Å². The number of rotatable bonds is 8. The molecule has 2 aromatic carbocycles. The fourth-order valence-electron chi connectivity index (χ4n) is 2.75. The number of aromatic nitrogens is 2. The van der Waals surface area contributed by atoms with Crippen LogP contribution < -0.4 is 14.8 Å². The van der Waals surface area contributed by atoms with E-state index >= 15 is 0 Å². The van der Waals surface area contributed by atoms with Gasteiger partial charge in [0.15, 0.2) is 10.3 Å². The number of hydrogen-bond acceptors (Lipinski definition) is 8. The molecular formula is C21H19ClN4O3S3. The van der Waals surface area contributed by atoms with Crippen LogP contribution in [0.3, 0.4) is 0 Å². The lowest BCUT2D eigenvalue weighted by atomic mass is 10.1. The number of nitrogens with zero attached hydrogens (tertiary/aromatic N) is 2. The first-order valence-corrected chi connectivity index (χ1v) is 13.0. The molecule has 166 valence electrons. The van der Waals surface area contributed by atoms with Gasteiger partial charge in [0.2, 0.25) is 0 Å². The fraction of sp³-hybridized carbons (Fsp3) is 0.143. The SMILES string of the molecule is CC(C)(Oc1ccc(Cl)cc1)c1csc(Nc2ccc(S(=O)(=O)Nc3nccs3)cc2)n1. The van der Waals surface area contributed by atoms with E-state index < -0.39 is 15.6 Å². The maximum Gasteiger partial charge on any atom is 0.263 e. The second-order valence-electron chi connectivity index (χ2n) is 7.20. The molecule has 11 heteroatoms. The zero-order valence-electron chi connectivity index (χ0n) is 17.1. The quantitative estimate of drug-likeness (QED) is 0.299. The molecule has 32 heavy (non-hydrogen) atoms. The number of anilines is 3. The monoisotopic (exact) mass is 506 g/mol. The van der Waals surface area contributed by atoms with Gasteiger partial charge in [-0.1, -0.05) is 11.6 Å². The maximum absolute atomic E-state index is 12.5. The van der Waals surface area contributed by atoms with Crippen molar-refractivity contribution in [2.75, 3.05) is 10.0 Å². The number of halogens is 1. The Morgan fingerprint density at radius 3 is 2.38 bits per heavy atom. The Hall–Kier alpha value is -2.66. The van der Waals surface area contributed by atoms with E-state index in [-0.39, 0.29) is 4.90 Å². The molecule has 0 unspecified atom stereocenters. The average molecular weight is 507 g/mol. The number of nitrogens with one attached hydrogen (secondary N) is 2. The summed E-state index contributed by atoms with van der Waals surface area (Å²) < 4.78 is 33.4. The highest BCUT2D eigenvalue weighted by atomic mass is 35.5. The second-order valence-corrected chi connectivity index (χ2v) is 11.1. The van der Waals surface area contributed by atoms with Crippen molar-refractivity contribution in [1.29, 1.82) is 0 Å². The largest absolute Gasteiger partial charge is 0.482 e. The van der Waals surface area contributed by atoms with Crippen LogP contribution in [0.15, 0.2) is 70.4 Å². The summed E-state index contributed by atoms with van der Waals surface area (Å²) in [4.78, 5) is 8.73. The van der Waals surface area contributed by atoms with E-state index in [1.54, 1.807) is 35.8 Å². The van der Waals surface area contributed by atoms with Crippen LogP contribution in [-0.4, -0.2) is 18.4 Å². The molecule has 0 radical (unpaired) electrons. The van der Waals surface area contributed by atoms with Crippen molar-refractivity contribution in [2.45, 2.75) is 24.3 Å². The third kappa shape index (κ3) is 5.39. The second kappa shape index (κ2) is 9.07. The normalized spacial score (nSPS) is 11.8. The van der Waals surface area contributed by atoms with E-state index in [0.29, 0.717) is 21.0 Å². The molecule has 4 rings (SSSR count). The van der Waals surface area contributed by atoms with Gasteiger partial charge in [-0.25, -0.2) is 18.4 Å². The van der Waals surface area contributed by atoms with Gasteiger partial charge >= 0.3 is 0 Å². The molecule has 0 saturated carbocycles. The first-order valence-electron chi connectivity index (χ1n) is 9.41. The standard InChI is InChI=1S/C21H19ClN4O3S3/c1-21(2,29-16-7-3-14(22)4-8-16)18-13-31-20(25-18)24-15-5-9-17(10-6-15)32(27,28)26-19-23-11-12-30-19/h3-13H,1-2H3,(H,23,26)(H,24,25). The Labute approximate surface area is 199 Å². The highest BCUT2D eigenvalue weighted by Crippen LogP contribution is 2.32. The number of benzene rings is 2. The average Bonchev–Trinajstić information content (AvgIpc) is 3.42. The van der Waals surface area contributed by atoms with E-state index in [1.807, 2.05) is 31.4 Å². The Bertz CT molecular complexity index is 1290. The van der Waals surface area contributed by atoms with Crippen LogP contribution in [0.5, 0.6) is 5.75 Å². The van der Waals surface area contributed by atoms with E-state index in [2.05, 4.69) is 20.0 Å². The molecule has 2 aromatic heterocycles. The molecule has 2 N–H and O–H groups in total. The van der Waals surface area contributed by atoms with E-state index in [9.17, 15) is 8.42 Å². The summed E-state index contributed by atoms with van der Waals surface area (Å²) in [5.74, 6) is 0.699. The molecule has 0 atom stereocenters. The highest BCUT2D eigenvalue weighted by molar-refractivity contribution is 7.93. The van der Waals surface area contributed by atoms with Crippen molar-refractivity contribution < 1.29 is 13.2 Å². The Morgan fingerprint density at radius 2 is 1.72 bits per heavy atom. The fourth-order valence-corrected chi connectivity index (χ4v) is 5.55. The van der Waals surface area contributed by atoms with Crippen LogP contribution >= 0.6 is 34.3 Å². The molecule has 0 saturated heterocycles. The highest BCUT2D eigenvalue weighted by Gasteiger charge is 2.26. The van der Waals surface area contributed by atoms with Gasteiger partial charge in [0.1, 0.15) is 11.4 Å². The van der Waals surface area contributed by atoms with Crippen LogP contribution in [0.25, 0.3) is 0 Å². The molecule has 0 aliphatic heterocycles. The molecule has 0 aliphatic carbocycles. The van der Waals surface area contributed by atoms with E-state index in [1.165, 1.54) is 34.8 Å². The molecular weight excluding hydrogens is 488 g/mol. The summed E-state index contributed by atoms with van der Waals surface area (Å²) >= 11 is 8.59. The van der Waals surface area contributed by atoms with Gasteiger partial charge in [0, 0.05) is 27.7 Å². The topological polar surface area (TPSA) is 93.2 Å². The smallest absolute Gasteiger partial charge is 0.263 e. The molecule has 0 fully saturated rings. The lowest BCUT2D eigenvalue weighted by molar-refractivity contribution is 0.105. The third-order valence-corrected chi connectivity index (χ3v) is 7.56. The van der Waals surface area contributed by atoms with Crippen LogP contribution in [0.1, 0.15) is 19.5 Å². The minimum Gasteiger partial charge on any atom is -0.482 e. The minimum absolute atomic E-state index is 0.149. The Morgan fingerprint density at radius 1 is 1.00 bits per heavy atom. The van der Waals surface area contributed by atoms with Gasteiger partial charge < -0.3 is 10.1 Å². The lowest BCUT2D eigenvalue weighted by Gasteiger charge is -2.24.